The van der Waals surface area contributed by atoms with Crippen LogP contribution in [-0.2, 0) is 6.54 Å². The van der Waals surface area contributed by atoms with Gasteiger partial charge in [-0.25, -0.2) is 0 Å². The summed E-state index contributed by atoms with van der Waals surface area (Å²) in [4.78, 5) is 5.33. The van der Waals surface area contributed by atoms with E-state index in [0.29, 0.717) is 6.04 Å². The summed E-state index contributed by atoms with van der Waals surface area (Å²) in [6, 6.07) is 9.37. The van der Waals surface area contributed by atoms with Gasteiger partial charge in [-0.3, -0.25) is 4.90 Å². The highest BCUT2D eigenvalue weighted by Crippen LogP contribution is 2.19. The normalized spacial score (nSPS) is 21.2. The molecule has 1 N–H and O–H groups in total. The lowest BCUT2D eigenvalue weighted by Gasteiger charge is -2.35. The van der Waals surface area contributed by atoms with E-state index < -0.39 is 0 Å². The van der Waals surface area contributed by atoms with E-state index in [1.54, 1.807) is 0 Å². The first-order valence-electron chi connectivity index (χ1n) is 10.1. The highest BCUT2D eigenvalue weighted by Gasteiger charge is 2.22. The van der Waals surface area contributed by atoms with Crippen LogP contribution in [0.5, 0.6) is 5.75 Å². The van der Waals surface area contributed by atoms with Gasteiger partial charge in [-0.1, -0.05) is 12.1 Å². The SMILES string of the molecule is CC(C)Oc1ccc(CN(CCN2CCCC2)C2CCCNC2)cc1.Cl. The van der Waals surface area contributed by atoms with Crippen molar-refractivity contribution in [1.29, 1.82) is 0 Å². The van der Waals surface area contributed by atoms with E-state index in [0.717, 1.165) is 18.8 Å². The van der Waals surface area contributed by atoms with Crippen LogP contribution in [-0.4, -0.2) is 61.2 Å². The third kappa shape index (κ3) is 6.73. The van der Waals surface area contributed by atoms with E-state index >= 15 is 0 Å². The number of rotatable bonds is 8. The van der Waals surface area contributed by atoms with Crippen LogP contribution >= 0.6 is 12.4 Å². The maximum absolute atomic E-state index is 5.78. The Morgan fingerprint density at radius 3 is 2.50 bits per heavy atom. The van der Waals surface area contributed by atoms with E-state index in [-0.39, 0.29) is 18.5 Å². The van der Waals surface area contributed by atoms with E-state index in [4.69, 9.17) is 4.74 Å². The van der Waals surface area contributed by atoms with Gasteiger partial charge < -0.3 is 15.0 Å². The molecule has 1 aromatic carbocycles. The molecule has 2 fully saturated rings. The van der Waals surface area contributed by atoms with Gasteiger partial charge in [-0.15, -0.1) is 12.4 Å². The zero-order valence-electron chi connectivity index (χ0n) is 16.5. The van der Waals surface area contributed by atoms with E-state index in [1.165, 1.54) is 64.0 Å². The average Bonchev–Trinajstić information content (AvgIpc) is 3.14. The second-order valence-corrected chi connectivity index (χ2v) is 7.83. The molecule has 0 bridgehead atoms. The summed E-state index contributed by atoms with van der Waals surface area (Å²) in [6.45, 7) is 12.5. The Kier molecular flexibility index (Phi) is 9.20. The number of likely N-dealkylation sites (tertiary alicyclic amines) is 1. The number of piperidine rings is 1. The molecule has 0 aromatic heterocycles. The van der Waals surface area contributed by atoms with Crippen LogP contribution in [0.4, 0.5) is 0 Å². The van der Waals surface area contributed by atoms with Crippen LogP contribution in [0.3, 0.4) is 0 Å². The third-order valence-electron chi connectivity index (χ3n) is 5.37. The van der Waals surface area contributed by atoms with Crippen LogP contribution in [0.1, 0.15) is 45.1 Å². The molecular weight excluding hydrogens is 346 g/mol. The van der Waals surface area contributed by atoms with E-state index in [1.807, 2.05) is 0 Å². The Morgan fingerprint density at radius 2 is 1.88 bits per heavy atom. The molecule has 3 rings (SSSR count). The van der Waals surface area contributed by atoms with Crippen LogP contribution in [0, 0.1) is 0 Å². The maximum Gasteiger partial charge on any atom is 0.119 e. The number of hydrogen-bond donors (Lipinski definition) is 1. The molecule has 0 amide bonds. The second-order valence-electron chi connectivity index (χ2n) is 7.83. The number of ether oxygens (including phenoxy) is 1. The summed E-state index contributed by atoms with van der Waals surface area (Å²) >= 11 is 0. The minimum absolute atomic E-state index is 0. The van der Waals surface area contributed by atoms with Crippen molar-refractivity contribution in [3.63, 3.8) is 0 Å². The average molecular weight is 382 g/mol. The predicted octanol–water partition coefficient (Wildman–Crippen LogP) is 3.55. The largest absolute Gasteiger partial charge is 0.491 e. The van der Waals surface area contributed by atoms with Crippen molar-refractivity contribution in [3.8, 4) is 5.75 Å². The molecule has 0 aliphatic carbocycles. The molecule has 2 saturated heterocycles. The molecule has 1 unspecified atom stereocenters. The van der Waals surface area contributed by atoms with Crippen LogP contribution in [0.25, 0.3) is 0 Å². The molecule has 26 heavy (non-hydrogen) atoms. The predicted molar refractivity (Wildman–Crippen MR) is 111 cm³/mol. The van der Waals surface area contributed by atoms with Crippen molar-refractivity contribution >= 4 is 12.4 Å². The summed E-state index contributed by atoms with van der Waals surface area (Å²) < 4.78 is 5.78. The minimum atomic E-state index is 0. The van der Waals surface area contributed by atoms with Gasteiger partial charge in [0.2, 0.25) is 0 Å². The molecule has 1 atom stereocenters. The fourth-order valence-electron chi connectivity index (χ4n) is 3.99. The van der Waals surface area contributed by atoms with Crippen molar-refractivity contribution in [3.05, 3.63) is 29.8 Å². The Balaban J connectivity index is 0.00000243. The molecule has 5 heteroatoms. The molecule has 4 nitrogen and oxygen atoms in total. The van der Waals surface area contributed by atoms with Crippen molar-refractivity contribution in [2.75, 3.05) is 39.3 Å². The Labute approximate surface area is 165 Å². The van der Waals surface area contributed by atoms with Gasteiger partial charge in [0.05, 0.1) is 6.10 Å². The lowest BCUT2D eigenvalue weighted by atomic mass is 10.0. The van der Waals surface area contributed by atoms with Gasteiger partial charge in [0.15, 0.2) is 0 Å². The van der Waals surface area contributed by atoms with Gasteiger partial charge in [-0.2, -0.15) is 0 Å². The molecule has 2 aliphatic rings. The van der Waals surface area contributed by atoms with Crippen LogP contribution in [0.15, 0.2) is 24.3 Å². The van der Waals surface area contributed by atoms with Gasteiger partial charge >= 0.3 is 0 Å². The van der Waals surface area contributed by atoms with Crippen molar-refractivity contribution in [2.45, 2.75) is 58.2 Å². The summed E-state index contributed by atoms with van der Waals surface area (Å²) in [7, 11) is 0. The van der Waals surface area contributed by atoms with Gasteiger partial charge in [0.25, 0.3) is 0 Å². The summed E-state index contributed by atoms with van der Waals surface area (Å²) in [5, 5.41) is 3.58. The number of nitrogens with one attached hydrogen (secondary N) is 1. The Bertz CT molecular complexity index is 496. The number of halogens is 1. The molecule has 0 saturated carbocycles. The zero-order chi connectivity index (χ0) is 17.5. The number of nitrogens with zero attached hydrogens (tertiary/aromatic N) is 2. The highest BCUT2D eigenvalue weighted by molar-refractivity contribution is 5.85. The van der Waals surface area contributed by atoms with E-state index in [2.05, 4.69) is 53.2 Å². The lowest BCUT2D eigenvalue weighted by Crippen LogP contribution is -2.47. The molecule has 0 spiro atoms. The third-order valence-corrected chi connectivity index (χ3v) is 5.37. The van der Waals surface area contributed by atoms with Gasteiger partial charge in [0.1, 0.15) is 5.75 Å². The fraction of sp³-hybridized carbons (Fsp3) is 0.714. The number of hydrogen-bond acceptors (Lipinski definition) is 4. The summed E-state index contributed by atoms with van der Waals surface area (Å²) in [6.07, 6.45) is 5.61. The first kappa shape index (κ1) is 21.5. The first-order chi connectivity index (χ1) is 12.2. The van der Waals surface area contributed by atoms with Crippen LogP contribution in [0.2, 0.25) is 0 Å². The second kappa shape index (κ2) is 11.1. The van der Waals surface area contributed by atoms with E-state index in [9.17, 15) is 0 Å². The highest BCUT2D eigenvalue weighted by atomic mass is 35.5. The maximum atomic E-state index is 5.78. The summed E-state index contributed by atoms with van der Waals surface area (Å²) in [5.74, 6) is 0.974. The fourth-order valence-corrected chi connectivity index (χ4v) is 3.99. The minimum Gasteiger partial charge on any atom is -0.491 e. The first-order valence-corrected chi connectivity index (χ1v) is 10.1. The van der Waals surface area contributed by atoms with Crippen molar-refractivity contribution in [2.24, 2.45) is 0 Å². The molecular formula is C21H36ClN3O. The topological polar surface area (TPSA) is 27.7 Å². The quantitative estimate of drug-likeness (QED) is 0.745. The Morgan fingerprint density at radius 1 is 1.15 bits per heavy atom. The number of benzene rings is 1. The zero-order valence-corrected chi connectivity index (χ0v) is 17.3. The van der Waals surface area contributed by atoms with Gasteiger partial charge in [-0.05, 0) is 76.9 Å². The molecule has 148 valence electrons. The standard InChI is InChI=1S/C21H35N3O.ClH/c1-18(2)25-21-9-7-19(8-10-21)17-24(20-6-5-11-22-16-20)15-14-23-12-3-4-13-23;/h7-10,18,20,22H,3-6,11-17H2,1-2H3;1H. The molecule has 2 aliphatic heterocycles. The Hall–Kier alpha value is -0.810. The van der Waals surface area contributed by atoms with Crippen molar-refractivity contribution < 1.29 is 4.74 Å². The molecule has 2 heterocycles. The lowest BCUT2D eigenvalue weighted by molar-refractivity contribution is 0.139. The van der Waals surface area contributed by atoms with Crippen molar-refractivity contribution in [1.82, 2.24) is 15.1 Å². The van der Waals surface area contributed by atoms with Gasteiger partial charge in [0, 0.05) is 32.2 Å². The van der Waals surface area contributed by atoms with Crippen LogP contribution < -0.4 is 10.1 Å². The smallest absolute Gasteiger partial charge is 0.119 e. The summed E-state index contributed by atoms with van der Waals surface area (Å²) in [5.41, 5.74) is 1.39. The molecule has 0 radical (unpaired) electrons. The molecule has 1 aromatic rings. The monoisotopic (exact) mass is 381 g/mol.